The van der Waals surface area contributed by atoms with Crippen LogP contribution in [0.3, 0.4) is 0 Å². The number of esters is 3. The van der Waals surface area contributed by atoms with Crippen LogP contribution in [0.2, 0.25) is 0 Å². The van der Waals surface area contributed by atoms with Crippen molar-refractivity contribution in [1.82, 2.24) is 0 Å². The molecule has 0 heterocycles. The fourth-order valence-corrected chi connectivity index (χ4v) is 7.29. The first kappa shape index (κ1) is 61.6. The second-order valence-corrected chi connectivity index (χ2v) is 17.7. The van der Waals surface area contributed by atoms with E-state index in [1.165, 1.54) is 83.5 Å². The molecule has 1 atom stereocenters. The van der Waals surface area contributed by atoms with Crippen molar-refractivity contribution in [2.24, 2.45) is 0 Å². The van der Waals surface area contributed by atoms with E-state index in [4.69, 9.17) is 14.2 Å². The van der Waals surface area contributed by atoms with Crippen molar-refractivity contribution < 1.29 is 28.6 Å². The number of rotatable bonds is 48. The lowest BCUT2D eigenvalue weighted by Gasteiger charge is -2.18. The molecular formula is C59H100O6. The van der Waals surface area contributed by atoms with Crippen LogP contribution in [-0.4, -0.2) is 37.2 Å². The first-order chi connectivity index (χ1) is 32.0. The van der Waals surface area contributed by atoms with Gasteiger partial charge in [-0.05, 0) is 109 Å². The Hall–Kier alpha value is -3.41. The molecule has 0 amide bonds. The third kappa shape index (κ3) is 51.4. The van der Waals surface area contributed by atoms with Crippen molar-refractivity contribution in [3.63, 3.8) is 0 Å². The van der Waals surface area contributed by atoms with Gasteiger partial charge in [-0.15, -0.1) is 0 Å². The van der Waals surface area contributed by atoms with Gasteiger partial charge in [-0.1, -0.05) is 209 Å². The van der Waals surface area contributed by atoms with Gasteiger partial charge in [0.1, 0.15) is 13.2 Å². The summed E-state index contributed by atoms with van der Waals surface area (Å²) in [6.07, 6.45) is 68.5. The number of allylic oxidation sites excluding steroid dienone is 14. The lowest BCUT2D eigenvalue weighted by molar-refractivity contribution is -0.167. The Labute approximate surface area is 401 Å². The summed E-state index contributed by atoms with van der Waals surface area (Å²) in [6, 6.07) is 0. The van der Waals surface area contributed by atoms with Crippen LogP contribution in [0.5, 0.6) is 0 Å². The summed E-state index contributed by atoms with van der Waals surface area (Å²) in [6.45, 7) is 6.42. The molecule has 0 aromatic heterocycles. The number of carbonyl (C=O) groups is 3. The second-order valence-electron chi connectivity index (χ2n) is 17.7. The second kappa shape index (κ2) is 53.2. The smallest absolute Gasteiger partial charge is 0.306 e. The lowest BCUT2D eigenvalue weighted by atomic mass is 10.1. The van der Waals surface area contributed by atoms with Gasteiger partial charge in [0.15, 0.2) is 6.10 Å². The average molecular weight is 905 g/mol. The minimum absolute atomic E-state index is 0.0939. The van der Waals surface area contributed by atoms with Crippen molar-refractivity contribution in [3.8, 4) is 0 Å². The summed E-state index contributed by atoms with van der Waals surface area (Å²) >= 11 is 0. The molecule has 6 nitrogen and oxygen atoms in total. The molecule has 0 saturated carbocycles. The van der Waals surface area contributed by atoms with E-state index >= 15 is 0 Å². The Balaban J connectivity index is 4.44. The van der Waals surface area contributed by atoms with Crippen molar-refractivity contribution in [1.29, 1.82) is 0 Å². The van der Waals surface area contributed by atoms with Gasteiger partial charge in [0.05, 0.1) is 0 Å². The average Bonchev–Trinajstić information content (AvgIpc) is 3.30. The van der Waals surface area contributed by atoms with Crippen LogP contribution in [-0.2, 0) is 28.6 Å². The van der Waals surface area contributed by atoms with Gasteiger partial charge in [0, 0.05) is 19.3 Å². The number of hydrogen-bond acceptors (Lipinski definition) is 6. The Kier molecular flexibility index (Phi) is 50.4. The van der Waals surface area contributed by atoms with E-state index in [1.54, 1.807) is 0 Å². The van der Waals surface area contributed by atoms with E-state index in [2.05, 4.69) is 106 Å². The molecule has 65 heavy (non-hydrogen) atoms. The van der Waals surface area contributed by atoms with E-state index in [9.17, 15) is 14.4 Å². The maximum absolute atomic E-state index is 12.8. The fourth-order valence-electron chi connectivity index (χ4n) is 7.29. The van der Waals surface area contributed by atoms with Crippen LogP contribution in [0.15, 0.2) is 85.1 Å². The topological polar surface area (TPSA) is 78.9 Å². The largest absolute Gasteiger partial charge is 0.462 e. The van der Waals surface area contributed by atoms with Crippen LogP contribution in [0.4, 0.5) is 0 Å². The highest BCUT2D eigenvalue weighted by molar-refractivity contribution is 5.71. The highest BCUT2D eigenvalue weighted by Gasteiger charge is 2.19. The maximum atomic E-state index is 12.8. The Bertz CT molecular complexity index is 1270. The van der Waals surface area contributed by atoms with Crippen LogP contribution >= 0.6 is 0 Å². The Morgan fingerprint density at radius 2 is 0.631 bits per heavy atom. The number of ether oxygens (including phenoxy) is 3. The monoisotopic (exact) mass is 905 g/mol. The lowest BCUT2D eigenvalue weighted by Crippen LogP contribution is -2.30. The third-order valence-corrected chi connectivity index (χ3v) is 11.3. The van der Waals surface area contributed by atoms with Gasteiger partial charge in [0.2, 0.25) is 0 Å². The van der Waals surface area contributed by atoms with Gasteiger partial charge in [0.25, 0.3) is 0 Å². The van der Waals surface area contributed by atoms with Crippen LogP contribution in [0.25, 0.3) is 0 Å². The molecule has 0 aliphatic carbocycles. The Morgan fingerprint density at radius 3 is 1.02 bits per heavy atom. The van der Waals surface area contributed by atoms with Crippen LogP contribution in [0.1, 0.15) is 252 Å². The molecular weight excluding hydrogens is 805 g/mol. The molecule has 0 spiro atoms. The van der Waals surface area contributed by atoms with Crippen LogP contribution in [0, 0.1) is 0 Å². The predicted octanol–water partition coefficient (Wildman–Crippen LogP) is 18.0. The SMILES string of the molecule is CC/C=C\C/C=C\C/C=C\C/C=C\CCCCCCC(=O)OCC(COC(=O)CCCCCCC/C=C\C/C=C\CCC)OC(=O)CCCCCCCCC/C=C\CCCCCCCC. The van der Waals surface area contributed by atoms with E-state index in [0.29, 0.717) is 19.3 Å². The first-order valence-corrected chi connectivity index (χ1v) is 27.1. The van der Waals surface area contributed by atoms with Crippen LogP contribution < -0.4 is 0 Å². The summed E-state index contributed by atoms with van der Waals surface area (Å²) < 4.78 is 16.8. The van der Waals surface area contributed by atoms with E-state index in [0.717, 1.165) is 128 Å². The first-order valence-electron chi connectivity index (χ1n) is 27.1. The summed E-state index contributed by atoms with van der Waals surface area (Å²) in [4.78, 5) is 38.1. The maximum Gasteiger partial charge on any atom is 0.306 e. The number of hydrogen-bond donors (Lipinski definition) is 0. The van der Waals surface area contributed by atoms with E-state index in [1.807, 2.05) is 0 Å². The van der Waals surface area contributed by atoms with E-state index < -0.39 is 6.10 Å². The third-order valence-electron chi connectivity index (χ3n) is 11.3. The molecule has 0 radical (unpaired) electrons. The summed E-state index contributed by atoms with van der Waals surface area (Å²) in [5.41, 5.74) is 0. The zero-order valence-electron chi connectivity index (χ0n) is 42.5. The molecule has 0 N–H and O–H groups in total. The number of unbranched alkanes of at least 4 members (excludes halogenated alkanes) is 23. The predicted molar refractivity (Wildman–Crippen MR) is 279 cm³/mol. The van der Waals surface area contributed by atoms with Crippen molar-refractivity contribution >= 4 is 17.9 Å². The summed E-state index contributed by atoms with van der Waals surface area (Å²) in [7, 11) is 0. The summed E-state index contributed by atoms with van der Waals surface area (Å²) in [5.74, 6) is -0.934. The molecule has 372 valence electrons. The fraction of sp³-hybridized carbons (Fsp3) is 0.712. The van der Waals surface area contributed by atoms with Gasteiger partial charge in [-0.2, -0.15) is 0 Å². The van der Waals surface area contributed by atoms with Crippen molar-refractivity contribution in [2.75, 3.05) is 13.2 Å². The molecule has 0 aromatic carbocycles. The zero-order valence-corrected chi connectivity index (χ0v) is 42.5. The zero-order chi connectivity index (χ0) is 47.2. The molecule has 0 rings (SSSR count). The Morgan fingerprint density at radius 1 is 0.323 bits per heavy atom. The van der Waals surface area contributed by atoms with Crippen molar-refractivity contribution in [3.05, 3.63) is 85.1 Å². The van der Waals surface area contributed by atoms with Gasteiger partial charge >= 0.3 is 17.9 Å². The quantitative estimate of drug-likeness (QED) is 0.0262. The molecule has 0 bridgehead atoms. The highest BCUT2D eigenvalue weighted by Crippen LogP contribution is 2.14. The summed E-state index contributed by atoms with van der Waals surface area (Å²) in [5, 5.41) is 0. The molecule has 0 fully saturated rings. The highest BCUT2D eigenvalue weighted by atomic mass is 16.6. The van der Waals surface area contributed by atoms with Crippen molar-refractivity contribution in [2.45, 2.75) is 258 Å². The van der Waals surface area contributed by atoms with Gasteiger partial charge in [-0.25, -0.2) is 0 Å². The number of carbonyl (C=O) groups excluding carboxylic acids is 3. The molecule has 1 unspecified atom stereocenters. The standard InChI is InChI=1S/C59H100O6/c1-4-7-10-13-16-19-22-25-27-29-31-34-37-40-43-46-49-52-58(61)64-55-56(54-63-57(60)51-48-45-42-39-36-33-24-21-18-15-12-9-6-3)65-59(62)53-50-47-44-41-38-35-32-30-28-26-23-20-17-14-11-8-5-2/h7,10,12,15-16,19,21,24-28,31,34,56H,4-6,8-9,11,13-14,17-18,20,22-23,29-30,32-33,35-55H2,1-3H3/b10-7-,15-12-,19-16-,24-21-,27-25-,28-26-,34-31-. The molecule has 6 heteroatoms. The molecule has 0 aliphatic rings. The minimum atomic E-state index is -0.795. The molecule has 0 aliphatic heterocycles. The normalized spacial score (nSPS) is 12.7. The van der Waals surface area contributed by atoms with E-state index in [-0.39, 0.29) is 31.1 Å². The molecule has 0 saturated heterocycles. The van der Waals surface area contributed by atoms with Gasteiger partial charge < -0.3 is 14.2 Å². The van der Waals surface area contributed by atoms with Gasteiger partial charge in [-0.3, -0.25) is 14.4 Å². The molecule has 0 aromatic rings. The minimum Gasteiger partial charge on any atom is -0.462 e.